The topological polar surface area (TPSA) is 72.2 Å². The van der Waals surface area contributed by atoms with Gasteiger partial charge in [0.1, 0.15) is 5.82 Å². The Balaban J connectivity index is 1.59. The summed E-state index contributed by atoms with van der Waals surface area (Å²) in [6, 6.07) is 0.358. The van der Waals surface area contributed by atoms with E-state index in [0.29, 0.717) is 18.5 Å². The summed E-state index contributed by atoms with van der Waals surface area (Å²) in [6.45, 7) is 8.18. The van der Waals surface area contributed by atoms with Crippen molar-refractivity contribution < 1.29 is 4.79 Å². The van der Waals surface area contributed by atoms with Crippen LogP contribution in [0.4, 0.5) is 0 Å². The highest BCUT2D eigenvalue weighted by Gasteiger charge is 2.33. The van der Waals surface area contributed by atoms with Gasteiger partial charge in [-0.25, -0.2) is 9.48 Å². The van der Waals surface area contributed by atoms with Gasteiger partial charge in [-0.05, 0) is 59.5 Å². The van der Waals surface area contributed by atoms with Crippen LogP contribution in [0.2, 0.25) is 0 Å². The molecule has 7 nitrogen and oxygen atoms in total. The number of likely N-dealkylation sites (tertiary alicyclic amines) is 1. The Morgan fingerprint density at radius 3 is 2.38 bits per heavy atom. The predicted molar refractivity (Wildman–Crippen MR) is 92.0 cm³/mol. The van der Waals surface area contributed by atoms with Crippen LogP contribution in [-0.2, 0) is 11.8 Å². The van der Waals surface area contributed by atoms with E-state index in [0.717, 1.165) is 44.6 Å². The van der Waals surface area contributed by atoms with Gasteiger partial charge in [0.2, 0.25) is 5.91 Å². The van der Waals surface area contributed by atoms with Crippen molar-refractivity contribution in [1.29, 1.82) is 0 Å². The third kappa shape index (κ3) is 3.88. The number of piperidine rings is 1. The Morgan fingerprint density at radius 2 is 1.83 bits per heavy atom. The second-order valence-electron chi connectivity index (χ2n) is 8.21. The SMILES string of the molecule is Cn1nc(C2CCN(CC(=O)NC(C)(C)C)CC2)n(C2CC2)c1=O. The van der Waals surface area contributed by atoms with Crippen LogP contribution in [0.15, 0.2) is 4.79 Å². The average molecular weight is 335 g/mol. The molecule has 0 unspecified atom stereocenters. The Hall–Kier alpha value is -1.63. The Kier molecular flexibility index (Phi) is 4.55. The predicted octanol–water partition coefficient (Wildman–Crippen LogP) is 1.01. The second kappa shape index (κ2) is 6.35. The summed E-state index contributed by atoms with van der Waals surface area (Å²) in [7, 11) is 1.73. The summed E-state index contributed by atoms with van der Waals surface area (Å²) in [5.74, 6) is 1.35. The minimum absolute atomic E-state index is 0.0134. The van der Waals surface area contributed by atoms with Gasteiger partial charge in [-0.2, -0.15) is 5.10 Å². The molecule has 0 bridgehead atoms. The molecule has 3 rings (SSSR count). The molecule has 7 heteroatoms. The van der Waals surface area contributed by atoms with E-state index < -0.39 is 0 Å². The molecule has 1 aromatic heterocycles. The van der Waals surface area contributed by atoms with Crippen molar-refractivity contribution in [1.82, 2.24) is 24.6 Å². The first kappa shape index (κ1) is 17.2. The highest BCUT2D eigenvalue weighted by Crippen LogP contribution is 2.37. The Bertz CT molecular complexity index is 658. The molecule has 1 aliphatic carbocycles. The second-order valence-corrected chi connectivity index (χ2v) is 8.21. The first-order valence-electron chi connectivity index (χ1n) is 8.93. The molecule has 1 saturated heterocycles. The first-order valence-corrected chi connectivity index (χ1v) is 8.93. The van der Waals surface area contributed by atoms with Crippen molar-refractivity contribution in [3.05, 3.63) is 16.3 Å². The third-order valence-corrected chi connectivity index (χ3v) is 4.73. The molecule has 1 saturated carbocycles. The average Bonchev–Trinajstić information content (AvgIpc) is 3.25. The van der Waals surface area contributed by atoms with Crippen LogP contribution in [-0.4, -0.2) is 50.3 Å². The van der Waals surface area contributed by atoms with E-state index in [1.54, 1.807) is 7.05 Å². The lowest BCUT2D eigenvalue weighted by Gasteiger charge is -2.32. The number of nitrogens with zero attached hydrogens (tertiary/aromatic N) is 4. The third-order valence-electron chi connectivity index (χ3n) is 4.73. The number of hydrogen-bond acceptors (Lipinski definition) is 4. The monoisotopic (exact) mass is 335 g/mol. The van der Waals surface area contributed by atoms with E-state index in [4.69, 9.17) is 0 Å². The Labute approximate surface area is 143 Å². The van der Waals surface area contributed by atoms with Crippen molar-refractivity contribution in [3.8, 4) is 0 Å². The van der Waals surface area contributed by atoms with Gasteiger partial charge in [0.05, 0.1) is 6.54 Å². The lowest BCUT2D eigenvalue weighted by molar-refractivity contribution is -0.123. The normalized spacial score (nSPS) is 20.3. The molecule has 1 aromatic rings. The summed E-state index contributed by atoms with van der Waals surface area (Å²) >= 11 is 0. The van der Waals surface area contributed by atoms with E-state index in [1.165, 1.54) is 4.68 Å². The summed E-state index contributed by atoms with van der Waals surface area (Å²) in [6.07, 6.45) is 4.08. The fourth-order valence-electron chi connectivity index (χ4n) is 3.46. The van der Waals surface area contributed by atoms with E-state index in [9.17, 15) is 9.59 Å². The van der Waals surface area contributed by atoms with Crippen molar-refractivity contribution >= 4 is 5.91 Å². The van der Waals surface area contributed by atoms with E-state index >= 15 is 0 Å². The van der Waals surface area contributed by atoms with Crippen molar-refractivity contribution in [3.63, 3.8) is 0 Å². The zero-order valence-corrected chi connectivity index (χ0v) is 15.2. The fourth-order valence-corrected chi connectivity index (χ4v) is 3.46. The standard InChI is InChI=1S/C17H29N5O2/c1-17(2,3)18-14(23)11-21-9-7-12(8-10-21)15-19-20(4)16(24)22(15)13-5-6-13/h12-13H,5-11H2,1-4H3,(H,18,23). The smallest absolute Gasteiger partial charge is 0.345 e. The minimum atomic E-state index is -0.191. The van der Waals surface area contributed by atoms with Gasteiger partial charge in [0.25, 0.3) is 0 Å². The first-order chi connectivity index (χ1) is 11.2. The molecule has 1 amide bonds. The van der Waals surface area contributed by atoms with Crippen LogP contribution >= 0.6 is 0 Å². The molecule has 0 radical (unpaired) electrons. The van der Waals surface area contributed by atoms with Crippen LogP contribution in [0.1, 0.15) is 64.2 Å². The summed E-state index contributed by atoms with van der Waals surface area (Å²) in [5, 5.41) is 7.51. The number of hydrogen-bond donors (Lipinski definition) is 1. The largest absolute Gasteiger partial charge is 0.350 e. The zero-order valence-electron chi connectivity index (χ0n) is 15.2. The maximum absolute atomic E-state index is 12.3. The summed E-state index contributed by atoms with van der Waals surface area (Å²) in [4.78, 5) is 26.5. The molecule has 134 valence electrons. The molecule has 0 spiro atoms. The number of carbonyl (C=O) groups excluding carboxylic acids is 1. The Morgan fingerprint density at radius 1 is 1.21 bits per heavy atom. The molecule has 0 aromatic carbocycles. The number of carbonyl (C=O) groups is 1. The molecule has 1 N–H and O–H groups in total. The van der Waals surface area contributed by atoms with Gasteiger partial charge in [-0.15, -0.1) is 0 Å². The molecular formula is C17H29N5O2. The number of aryl methyl sites for hydroxylation is 1. The van der Waals surface area contributed by atoms with Gasteiger partial charge >= 0.3 is 5.69 Å². The van der Waals surface area contributed by atoms with Crippen molar-refractivity contribution in [2.45, 2.75) is 64.0 Å². The van der Waals surface area contributed by atoms with Crippen LogP contribution < -0.4 is 11.0 Å². The summed E-state index contributed by atoms with van der Waals surface area (Å²) < 4.78 is 3.38. The molecular weight excluding hydrogens is 306 g/mol. The van der Waals surface area contributed by atoms with Gasteiger partial charge in [0.15, 0.2) is 0 Å². The highest BCUT2D eigenvalue weighted by molar-refractivity contribution is 5.78. The van der Waals surface area contributed by atoms with E-state index in [2.05, 4.69) is 15.3 Å². The molecule has 24 heavy (non-hydrogen) atoms. The van der Waals surface area contributed by atoms with Gasteiger partial charge in [0, 0.05) is 24.5 Å². The fraction of sp³-hybridized carbons (Fsp3) is 0.824. The minimum Gasteiger partial charge on any atom is -0.350 e. The van der Waals surface area contributed by atoms with Crippen molar-refractivity contribution in [2.75, 3.05) is 19.6 Å². The number of amides is 1. The lowest BCUT2D eigenvalue weighted by atomic mass is 9.96. The maximum atomic E-state index is 12.3. The molecule has 2 fully saturated rings. The van der Waals surface area contributed by atoms with E-state index in [-0.39, 0.29) is 17.1 Å². The lowest BCUT2D eigenvalue weighted by Crippen LogP contribution is -2.47. The molecule has 2 heterocycles. The molecule has 2 aliphatic rings. The maximum Gasteiger partial charge on any atom is 0.345 e. The molecule has 1 aliphatic heterocycles. The quantitative estimate of drug-likeness (QED) is 0.891. The highest BCUT2D eigenvalue weighted by atomic mass is 16.2. The van der Waals surface area contributed by atoms with Crippen LogP contribution in [0.3, 0.4) is 0 Å². The number of nitrogens with one attached hydrogen (secondary N) is 1. The molecule has 0 atom stereocenters. The van der Waals surface area contributed by atoms with E-state index in [1.807, 2.05) is 25.3 Å². The number of aromatic nitrogens is 3. The van der Waals surface area contributed by atoms with Crippen LogP contribution in [0.25, 0.3) is 0 Å². The van der Waals surface area contributed by atoms with Crippen LogP contribution in [0.5, 0.6) is 0 Å². The summed E-state index contributed by atoms with van der Waals surface area (Å²) in [5.41, 5.74) is -0.177. The number of rotatable bonds is 4. The van der Waals surface area contributed by atoms with Crippen molar-refractivity contribution in [2.24, 2.45) is 7.05 Å². The van der Waals surface area contributed by atoms with Gasteiger partial charge in [-0.3, -0.25) is 14.3 Å². The van der Waals surface area contributed by atoms with Gasteiger partial charge in [-0.1, -0.05) is 0 Å². The van der Waals surface area contributed by atoms with Crippen LogP contribution in [0, 0.1) is 0 Å². The zero-order chi connectivity index (χ0) is 17.5. The van der Waals surface area contributed by atoms with Gasteiger partial charge < -0.3 is 5.32 Å².